The van der Waals surface area contributed by atoms with Crippen LogP contribution in [0.4, 0.5) is 0 Å². The SMILES string of the molecule is CCCC[C@]1(CC)CS(=O)(=O)c2cc(C)ccc2[C@H](c2ccccc2)[C@@H]1O. The van der Waals surface area contributed by atoms with Crippen molar-refractivity contribution in [2.45, 2.75) is 63.4 Å². The second kappa shape index (κ2) is 7.76. The van der Waals surface area contributed by atoms with E-state index in [1.165, 1.54) is 0 Å². The average Bonchev–Trinajstić information content (AvgIpc) is 2.73. The summed E-state index contributed by atoms with van der Waals surface area (Å²) in [4.78, 5) is 0.391. The largest absolute Gasteiger partial charge is 0.392 e. The monoisotopic (exact) mass is 386 g/mol. The minimum absolute atomic E-state index is 0.0114. The van der Waals surface area contributed by atoms with Gasteiger partial charge in [0.15, 0.2) is 9.84 Å². The fourth-order valence-corrected chi connectivity index (χ4v) is 6.84. The average molecular weight is 387 g/mol. The standard InChI is InChI=1S/C23H30O3S/c1-4-6-14-23(5-2)16-27(25,26)20-15-17(3)12-13-19(20)21(22(23)24)18-10-8-7-9-11-18/h7-13,15,21-22,24H,4-6,14,16H2,1-3H3/t21-,22-,23+/m0/s1. The molecular formula is C23H30O3S. The van der Waals surface area contributed by atoms with Crippen LogP contribution >= 0.6 is 0 Å². The van der Waals surface area contributed by atoms with Gasteiger partial charge in [-0.05, 0) is 42.5 Å². The van der Waals surface area contributed by atoms with Crippen molar-refractivity contribution in [2.24, 2.45) is 5.41 Å². The second-order valence-corrected chi connectivity index (χ2v) is 9.91. The van der Waals surface area contributed by atoms with Gasteiger partial charge in [-0.3, -0.25) is 0 Å². The third-order valence-electron chi connectivity index (χ3n) is 6.15. The van der Waals surface area contributed by atoms with Crippen molar-refractivity contribution in [1.82, 2.24) is 0 Å². The number of rotatable bonds is 5. The van der Waals surface area contributed by atoms with Crippen LogP contribution in [0.3, 0.4) is 0 Å². The molecule has 0 spiro atoms. The Labute approximate surface area is 163 Å². The van der Waals surface area contributed by atoms with Gasteiger partial charge >= 0.3 is 0 Å². The smallest absolute Gasteiger partial charge is 0.179 e. The van der Waals surface area contributed by atoms with Crippen LogP contribution in [0.25, 0.3) is 0 Å². The third-order valence-corrected chi connectivity index (χ3v) is 8.13. The first kappa shape index (κ1) is 20.1. The summed E-state index contributed by atoms with van der Waals surface area (Å²) in [6.07, 6.45) is 2.52. The molecule has 2 aromatic rings. The molecule has 0 unspecified atom stereocenters. The molecule has 1 aliphatic rings. The molecule has 0 saturated carbocycles. The zero-order chi connectivity index (χ0) is 19.7. The van der Waals surface area contributed by atoms with Crippen LogP contribution < -0.4 is 0 Å². The van der Waals surface area contributed by atoms with Crippen molar-refractivity contribution in [2.75, 3.05) is 5.75 Å². The first-order chi connectivity index (χ1) is 12.8. The van der Waals surface area contributed by atoms with Crippen molar-refractivity contribution in [3.63, 3.8) is 0 Å². The van der Waals surface area contributed by atoms with E-state index < -0.39 is 21.4 Å². The predicted molar refractivity (Wildman–Crippen MR) is 110 cm³/mol. The molecular weight excluding hydrogens is 356 g/mol. The Morgan fingerprint density at radius 3 is 2.44 bits per heavy atom. The van der Waals surface area contributed by atoms with Gasteiger partial charge in [0.05, 0.1) is 16.8 Å². The third kappa shape index (κ3) is 3.70. The van der Waals surface area contributed by atoms with E-state index in [-0.39, 0.29) is 11.7 Å². The fourth-order valence-electron chi connectivity index (χ4n) is 4.49. The maximum Gasteiger partial charge on any atom is 0.179 e. The minimum Gasteiger partial charge on any atom is -0.392 e. The highest BCUT2D eigenvalue weighted by Crippen LogP contribution is 2.48. The van der Waals surface area contributed by atoms with Crippen LogP contribution in [0.15, 0.2) is 53.4 Å². The van der Waals surface area contributed by atoms with Crippen LogP contribution in [-0.4, -0.2) is 25.4 Å². The van der Waals surface area contributed by atoms with Gasteiger partial charge in [0.1, 0.15) is 0 Å². The topological polar surface area (TPSA) is 54.4 Å². The lowest BCUT2D eigenvalue weighted by Crippen LogP contribution is -2.42. The van der Waals surface area contributed by atoms with E-state index in [1.54, 1.807) is 6.07 Å². The number of hydrogen-bond donors (Lipinski definition) is 1. The van der Waals surface area contributed by atoms with Crippen LogP contribution in [0.5, 0.6) is 0 Å². The summed E-state index contributed by atoms with van der Waals surface area (Å²) in [6.45, 7) is 6.03. The highest BCUT2D eigenvalue weighted by molar-refractivity contribution is 7.91. The Hall–Kier alpha value is -1.65. The molecule has 0 bridgehead atoms. The summed E-state index contributed by atoms with van der Waals surface area (Å²) in [7, 11) is -3.48. The second-order valence-electron chi connectivity index (χ2n) is 7.95. The van der Waals surface area contributed by atoms with E-state index in [2.05, 4.69) is 6.92 Å². The summed E-state index contributed by atoms with van der Waals surface area (Å²) >= 11 is 0. The first-order valence-corrected chi connectivity index (χ1v) is 11.6. The maximum absolute atomic E-state index is 13.4. The molecule has 2 aromatic carbocycles. The summed E-state index contributed by atoms with van der Waals surface area (Å²) in [6, 6.07) is 15.5. The fraction of sp³-hybridized carbons (Fsp3) is 0.478. The van der Waals surface area contributed by atoms with E-state index in [0.717, 1.165) is 36.0 Å². The van der Waals surface area contributed by atoms with Gasteiger partial charge in [0, 0.05) is 11.3 Å². The summed E-state index contributed by atoms with van der Waals surface area (Å²) in [5, 5.41) is 11.6. The zero-order valence-electron chi connectivity index (χ0n) is 16.5. The molecule has 3 atom stereocenters. The number of aryl methyl sites for hydroxylation is 1. The lowest BCUT2D eigenvalue weighted by molar-refractivity contribution is 0.0174. The lowest BCUT2D eigenvalue weighted by atomic mass is 9.69. The zero-order valence-corrected chi connectivity index (χ0v) is 17.3. The Morgan fingerprint density at radius 1 is 1.11 bits per heavy atom. The normalized spacial score (nSPS) is 27.0. The van der Waals surface area contributed by atoms with Crippen molar-refractivity contribution < 1.29 is 13.5 Å². The highest BCUT2D eigenvalue weighted by Gasteiger charge is 2.48. The molecule has 1 N–H and O–H groups in total. The lowest BCUT2D eigenvalue weighted by Gasteiger charge is -2.39. The number of benzene rings is 2. The van der Waals surface area contributed by atoms with E-state index >= 15 is 0 Å². The highest BCUT2D eigenvalue weighted by atomic mass is 32.2. The predicted octanol–water partition coefficient (Wildman–Crippen LogP) is 4.86. The number of sulfone groups is 1. The quantitative estimate of drug-likeness (QED) is 0.798. The van der Waals surface area contributed by atoms with Crippen molar-refractivity contribution >= 4 is 9.84 Å². The Balaban J connectivity index is 2.28. The molecule has 3 nitrogen and oxygen atoms in total. The first-order valence-electron chi connectivity index (χ1n) is 9.91. The number of fused-ring (bicyclic) bond motifs is 1. The van der Waals surface area contributed by atoms with Crippen molar-refractivity contribution in [3.8, 4) is 0 Å². The van der Waals surface area contributed by atoms with Crippen LogP contribution in [0, 0.1) is 12.3 Å². The van der Waals surface area contributed by atoms with Gasteiger partial charge in [-0.15, -0.1) is 0 Å². The number of unbranched alkanes of at least 4 members (excludes halogenated alkanes) is 1. The maximum atomic E-state index is 13.4. The Bertz CT molecular complexity index is 889. The molecule has 0 aliphatic carbocycles. The van der Waals surface area contributed by atoms with E-state index in [4.69, 9.17) is 0 Å². The molecule has 0 radical (unpaired) electrons. The van der Waals surface area contributed by atoms with Gasteiger partial charge in [-0.25, -0.2) is 8.42 Å². The van der Waals surface area contributed by atoms with Crippen LogP contribution in [-0.2, 0) is 9.84 Å². The van der Waals surface area contributed by atoms with Crippen LogP contribution in [0.1, 0.15) is 62.1 Å². The Morgan fingerprint density at radius 2 is 1.81 bits per heavy atom. The molecule has 4 heteroatoms. The summed E-state index contributed by atoms with van der Waals surface area (Å²) in [5.74, 6) is -0.326. The van der Waals surface area contributed by atoms with E-state index in [0.29, 0.717) is 11.3 Å². The molecule has 1 aliphatic heterocycles. The van der Waals surface area contributed by atoms with Gasteiger partial charge in [0.25, 0.3) is 0 Å². The Kier molecular flexibility index (Phi) is 5.78. The van der Waals surface area contributed by atoms with Gasteiger partial charge < -0.3 is 5.11 Å². The minimum atomic E-state index is -3.48. The number of aliphatic hydroxyl groups excluding tert-OH is 1. The van der Waals surface area contributed by atoms with E-state index in [1.807, 2.05) is 56.3 Å². The van der Waals surface area contributed by atoms with Crippen molar-refractivity contribution in [3.05, 3.63) is 65.2 Å². The molecule has 0 amide bonds. The molecule has 0 aromatic heterocycles. The van der Waals surface area contributed by atoms with Gasteiger partial charge in [-0.1, -0.05) is 69.2 Å². The molecule has 0 saturated heterocycles. The molecule has 27 heavy (non-hydrogen) atoms. The molecule has 1 heterocycles. The van der Waals surface area contributed by atoms with Crippen molar-refractivity contribution in [1.29, 1.82) is 0 Å². The van der Waals surface area contributed by atoms with Gasteiger partial charge in [-0.2, -0.15) is 0 Å². The number of hydrogen-bond acceptors (Lipinski definition) is 3. The summed E-state index contributed by atoms with van der Waals surface area (Å²) in [5.41, 5.74) is 1.99. The molecule has 146 valence electrons. The van der Waals surface area contributed by atoms with Gasteiger partial charge in [0.2, 0.25) is 0 Å². The number of aliphatic hydroxyl groups is 1. The molecule has 0 fully saturated rings. The van der Waals surface area contributed by atoms with Crippen LogP contribution in [0.2, 0.25) is 0 Å². The van der Waals surface area contributed by atoms with E-state index in [9.17, 15) is 13.5 Å². The summed E-state index contributed by atoms with van der Waals surface area (Å²) < 4.78 is 26.8. The molecule has 3 rings (SSSR count).